The molecule has 0 unspecified atom stereocenters. The van der Waals surface area contributed by atoms with Crippen LogP contribution in [-0.4, -0.2) is 36.2 Å². The number of rotatable bonds is 5. The van der Waals surface area contributed by atoms with E-state index in [4.69, 9.17) is 9.47 Å². The van der Waals surface area contributed by atoms with Gasteiger partial charge in [-0.05, 0) is 19.1 Å². The molecule has 1 fully saturated rings. The Kier molecular flexibility index (Phi) is 3.89. The highest BCUT2D eigenvalue weighted by atomic mass is 32.1. The molecule has 0 spiro atoms. The minimum atomic E-state index is 0.267. The van der Waals surface area contributed by atoms with Crippen LogP contribution in [0.5, 0.6) is 11.5 Å². The van der Waals surface area contributed by atoms with Gasteiger partial charge in [0.25, 0.3) is 0 Å². The van der Waals surface area contributed by atoms with Crippen LogP contribution < -0.4 is 9.47 Å². The molecule has 0 aliphatic carbocycles. The first-order valence-electron chi connectivity index (χ1n) is 6.67. The molecule has 1 aliphatic heterocycles. The van der Waals surface area contributed by atoms with Gasteiger partial charge in [0.1, 0.15) is 22.6 Å². The standard InChI is InChI=1S/C15H18N2O2S/c1-11-10-20-15(16-11)9-17-7-14(8-17)19-13-5-3-4-12(6-13)18-2/h3-6,10,14H,7-9H2,1-2H3. The molecule has 20 heavy (non-hydrogen) atoms. The molecule has 4 nitrogen and oxygen atoms in total. The Morgan fingerprint density at radius 3 is 2.85 bits per heavy atom. The third-order valence-electron chi connectivity index (χ3n) is 3.29. The first-order chi connectivity index (χ1) is 9.72. The Balaban J connectivity index is 1.48. The van der Waals surface area contributed by atoms with E-state index in [0.717, 1.165) is 36.8 Å². The predicted molar refractivity (Wildman–Crippen MR) is 79.5 cm³/mol. The van der Waals surface area contributed by atoms with Crippen molar-refractivity contribution in [1.82, 2.24) is 9.88 Å². The molecule has 3 rings (SSSR count). The average molecular weight is 290 g/mol. The summed E-state index contributed by atoms with van der Waals surface area (Å²) >= 11 is 1.73. The van der Waals surface area contributed by atoms with E-state index in [-0.39, 0.29) is 6.10 Å². The second-order valence-corrected chi connectivity index (χ2v) is 5.94. The smallest absolute Gasteiger partial charge is 0.124 e. The minimum absolute atomic E-state index is 0.267. The van der Waals surface area contributed by atoms with Gasteiger partial charge in [-0.2, -0.15) is 0 Å². The van der Waals surface area contributed by atoms with Crippen LogP contribution in [0.25, 0.3) is 0 Å². The summed E-state index contributed by atoms with van der Waals surface area (Å²) in [5.74, 6) is 1.70. The highest BCUT2D eigenvalue weighted by Gasteiger charge is 2.29. The van der Waals surface area contributed by atoms with Crippen LogP contribution in [0.3, 0.4) is 0 Å². The number of nitrogens with zero attached hydrogens (tertiary/aromatic N) is 2. The molecule has 0 radical (unpaired) electrons. The van der Waals surface area contributed by atoms with Crippen LogP contribution in [0.4, 0.5) is 0 Å². The summed E-state index contributed by atoms with van der Waals surface area (Å²) in [6.07, 6.45) is 0.267. The van der Waals surface area contributed by atoms with Crippen molar-refractivity contribution < 1.29 is 9.47 Å². The summed E-state index contributed by atoms with van der Waals surface area (Å²) in [5, 5.41) is 3.28. The summed E-state index contributed by atoms with van der Waals surface area (Å²) in [6.45, 7) is 4.87. The van der Waals surface area contributed by atoms with Gasteiger partial charge in [0, 0.05) is 30.2 Å². The normalized spacial score (nSPS) is 15.9. The first kappa shape index (κ1) is 13.4. The molecule has 0 atom stereocenters. The maximum Gasteiger partial charge on any atom is 0.124 e. The van der Waals surface area contributed by atoms with Crippen LogP contribution in [-0.2, 0) is 6.54 Å². The van der Waals surface area contributed by atoms with Gasteiger partial charge in [0.05, 0.1) is 13.7 Å². The highest BCUT2D eigenvalue weighted by molar-refractivity contribution is 7.09. The summed E-state index contributed by atoms with van der Waals surface area (Å²) in [5.41, 5.74) is 1.11. The number of thiazole rings is 1. The minimum Gasteiger partial charge on any atom is -0.497 e. The van der Waals surface area contributed by atoms with Gasteiger partial charge in [-0.15, -0.1) is 11.3 Å². The SMILES string of the molecule is COc1cccc(OC2CN(Cc3nc(C)cs3)C2)c1. The van der Waals surface area contributed by atoms with Crippen LogP contribution >= 0.6 is 11.3 Å². The largest absolute Gasteiger partial charge is 0.497 e. The van der Waals surface area contributed by atoms with Gasteiger partial charge in [-0.1, -0.05) is 6.07 Å². The Hall–Kier alpha value is -1.59. The number of hydrogen-bond acceptors (Lipinski definition) is 5. The molecule has 0 bridgehead atoms. The molecular weight excluding hydrogens is 272 g/mol. The van der Waals surface area contributed by atoms with Crippen LogP contribution in [0.2, 0.25) is 0 Å². The molecule has 5 heteroatoms. The molecule has 0 N–H and O–H groups in total. The fraction of sp³-hybridized carbons (Fsp3) is 0.400. The fourth-order valence-electron chi connectivity index (χ4n) is 2.26. The molecule has 1 saturated heterocycles. The Bertz CT molecular complexity index is 579. The van der Waals surface area contributed by atoms with E-state index < -0.39 is 0 Å². The monoisotopic (exact) mass is 290 g/mol. The van der Waals surface area contributed by atoms with Gasteiger partial charge in [-0.25, -0.2) is 4.98 Å². The summed E-state index contributed by atoms with van der Waals surface area (Å²) in [6, 6.07) is 7.76. The van der Waals surface area contributed by atoms with E-state index in [1.54, 1.807) is 18.4 Å². The molecular formula is C15H18N2O2S. The van der Waals surface area contributed by atoms with E-state index in [2.05, 4.69) is 15.3 Å². The fourth-order valence-corrected chi connectivity index (χ4v) is 3.07. The third kappa shape index (κ3) is 3.11. The lowest BCUT2D eigenvalue weighted by Crippen LogP contribution is -2.53. The van der Waals surface area contributed by atoms with Crippen molar-refractivity contribution in [3.63, 3.8) is 0 Å². The Morgan fingerprint density at radius 1 is 1.35 bits per heavy atom. The molecule has 0 amide bonds. The van der Waals surface area contributed by atoms with E-state index >= 15 is 0 Å². The average Bonchev–Trinajstić information content (AvgIpc) is 2.82. The van der Waals surface area contributed by atoms with Crippen molar-refractivity contribution in [2.24, 2.45) is 0 Å². The van der Waals surface area contributed by atoms with Crippen molar-refractivity contribution in [2.45, 2.75) is 19.6 Å². The highest BCUT2D eigenvalue weighted by Crippen LogP contribution is 2.24. The Morgan fingerprint density at radius 2 is 2.15 bits per heavy atom. The summed E-state index contributed by atoms with van der Waals surface area (Å²) in [7, 11) is 1.67. The van der Waals surface area contributed by atoms with Crippen molar-refractivity contribution in [1.29, 1.82) is 0 Å². The van der Waals surface area contributed by atoms with Gasteiger partial charge in [0.2, 0.25) is 0 Å². The van der Waals surface area contributed by atoms with Crippen molar-refractivity contribution in [2.75, 3.05) is 20.2 Å². The van der Waals surface area contributed by atoms with Crippen molar-refractivity contribution in [3.05, 3.63) is 40.3 Å². The third-order valence-corrected chi connectivity index (χ3v) is 4.24. The van der Waals surface area contributed by atoms with Gasteiger partial charge in [0.15, 0.2) is 0 Å². The number of hydrogen-bond donors (Lipinski definition) is 0. The van der Waals surface area contributed by atoms with Crippen molar-refractivity contribution >= 4 is 11.3 Å². The summed E-state index contributed by atoms with van der Waals surface area (Å²) in [4.78, 5) is 6.83. The second-order valence-electron chi connectivity index (χ2n) is 5.00. The first-order valence-corrected chi connectivity index (χ1v) is 7.55. The number of aromatic nitrogens is 1. The van der Waals surface area contributed by atoms with Gasteiger partial charge >= 0.3 is 0 Å². The molecule has 1 aromatic carbocycles. The number of benzene rings is 1. The summed E-state index contributed by atoms with van der Waals surface area (Å²) < 4.78 is 11.1. The second kappa shape index (κ2) is 5.81. The van der Waals surface area contributed by atoms with Crippen molar-refractivity contribution in [3.8, 4) is 11.5 Å². The number of methoxy groups -OCH3 is 1. The van der Waals surface area contributed by atoms with E-state index in [1.165, 1.54) is 5.01 Å². The maximum atomic E-state index is 5.93. The maximum absolute atomic E-state index is 5.93. The predicted octanol–water partition coefficient (Wildman–Crippen LogP) is 2.72. The number of likely N-dealkylation sites (tertiary alicyclic amines) is 1. The lowest BCUT2D eigenvalue weighted by atomic mass is 10.1. The number of ether oxygens (including phenoxy) is 2. The molecule has 2 aromatic rings. The van der Waals surface area contributed by atoms with Gasteiger partial charge in [-0.3, -0.25) is 4.90 Å². The van der Waals surface area contributed by atoms with Crippen LogP contribution in [0.1, 0.15) is 10.7 Å². The molecule has 1 aliphatic rings. The molecule has 0 saturated carbocycles. The quantitative estimate of drug-likeness (QED) is 0.848. The Labute approximate surface area is 123 Å². The zero-order chi connectivity index (χ0) is 13.9. The molecule has 1 aromatic heterocycles. The van der Waals surface area contributed by atoms with E-state index in [1.807, 2.05) is 31.2 Å². The lowest BCUT2D eigenvalue weighted by molar-refractivity contribution is 0.0144. The van der Waals surface area contributed by atoms with Gasteiger partial charge < -0.3 is 9.47 Å². The van der Waals surface area contributed by atoms with Crippen LogP contribution in [0, 0.1) is 6.92 Å². The van der Waals surface area contributed by atoms with Crippen LogP contribution in [0.15, 0.2) is 29.6 Å². The van der Waals surface area contributed by atoms with E-state index in [9.17, 15) is 0 Å². The lowest BCUT2D eigenvalue weighted by Gasteiger charge is -2.38. The topological polar surface area (TPSA) is 34.6 Å². The molecule has 2 heterocycles. The molecule has 106 valence electrons. The van der Waals surface area contributed by atoms with E-state index in [0.29, 0.717) is 0 Å². The number of aryl methyl sites for hydroxylation is 1. The zero-order valence-corrected chi connectivity index (χ0v) is 12.5. The zero-order valence-electron chi connectivity index (χ0n) is 11.7.